The summed E-state index contributed by atoms with van der Waals surface area (Å²) in [5.41, 5.74) is 1.03. The molecule has 0 aliphatic rings. The van der Waals surface area contributed by atoms with Gasteiger partial charge in [-0.25, -0.2) is 8.42 Å². The van der Waals surface area contributed by atoms with Crippen molar-refractivity contribution in [3.8, 4) is 0 Å². The van der Waals surface area contributed by atoms with Gasteiger partial charge in [0.05, 0.1) is 5.02 Å². The predicted molar refractivity (Wildman–Crippen MR) is 67.4 cm³/mol. The second-order valence-electron chi connectivity index (χ2n) is 3.86. The van der Waals surface area contributed by atoms with Gasteiger partial charge < -0.3 is 4.98 Å². The molecule has 1 aromatic heterocycles. The lowest BCUT2D eigenvalue weighted by molar-refractivity contribution is 0.102. The minimum atomic E-state index is -3.34. The van der Waals surface area contributed by atoms with Crippen LogP contribution in [0.4, 0.5) is 0 Å². The summed E-state index contributed by atoms with van der Waals surface area (Å²) in [5, 5.41) is 1.00. The molecule has 0 saturated heterocycles. The Labute approximate surface area is 104 Å². The van der Waals surface area contributed by atoms with Crippen LogP contribution in [-0.2, 0) is 9.84 Å². The molecule has 1 heterocycles. The van der Waals surface area contributed by atoms with Crippen LogP contribution in [0.15, 0.2) is 24.4 Å². The molecule has 90 valence electrons. The van der Waals surface area contributed by atoms with Gasteiger partial charge in [0, 0.05) is 28.9 Å². The van der Waals surface area contributed by atoms with Gasteiger partial charge in [-0.3, -0.25) is 4.79 Å². The number of rotatable bonds is 3. The summed E-state index contributed by atoms with van der Waals surface area (Å²) < 4.78 is 22.2. The van der Waals surface area contributed by atoms with Crippen molar-refractivity contribution in [3.63, 3.8) is 0 Å². The Bertz CT molecular complexity index is 688. The fourth-order valence-electron chi connectivity index (χ4n) is 1.68. The predicted octanol–water partition coefficient (Wildman–Crippen LogP) is 2.05. The van der Waals surface area contributed by atoms with Crippen LogP contribution in [0.2, 0.25) is 5.02 Å². The highest BCUT2D eigenvalue weighted by Gasteiger charge is 2.18. The summed E-state index contributed by atoms with van der Waals surface area (Å²) >= 11 is 6.00. The molecule has 0 atom stereocenters. The van der Waals surface area contributed by atoms with E-state index in [0.29, 0.717) is 21.5 Å². The average molecular weight is 272 g/mol. The molecule has 0 fully saturated rings. The number of ketones is 1. The second kappa shape index (κ2) is 4.16. The number of H-pyrrole nitrogens is 1. The summed E-state index contributed by atoms with van der Waals surface area (Å²) in [4.78, 5) is 14.7. The Morgan fingerprint density at radius 3 is 2.76 bits per heavy atom. The van der Waals surface area contributed by atoms with Gasteiger partial charge in [0.1, 0.15) is 5.75 Å². The van der Waals surface area contributed by atoms with E-state index in [2.05, 4.69) is 4.98 Å². The molecule has 2 aromatic rings. The molecule has 6 heteroatoms. The topological polar surface area (TPSA) is 67.0 Å². The van der Waals surface area contributed by atoms with E-state index in [4.69, 9.17) is 11.6 Å². The number of Topliss-reactive ketones (excluding diaryl/α,β-unsaturated/α-hetero) is 1. The third kappa shape index (κ3) is 2.50. The van der Waals surface area contributed by atoms with Gasteiger partial charge in [-0.05, 0) is 12.1 Å². The van der Waals surface area contributed by atoms with Crippen molar-refractivity contribution in [1.29, 1.82) is 0 Å². The van der Waals surface area contributed by atoms with Crippen molar-refractivity contribution in [1.82, 2.24) is 4.98 Å². The maximum Gasteiger partial charge on any atom is 0.180 e. The van der Waals surface area contributed by atoms with Crippen LogP contribution in [0.5, 0.6) is 0 Å². The van der Waals surface area contributed by atoms with Crippen LogP contribution in [0, 0.1) is 0 Å². The van der Waals surface area contributed by atoms with Gasteiger partial charge >= 0.3 is 0 Å². The molecular formula is C11H10ClNO3S. The standard InChI is InChI=1S/C11H10ClNO3S/c1-17(15,16)6-10(14)7-5-13-9-4-2-3-8(12)11(7)9/h2-5,13H,6H2,1H3. The summed E-state index contributed by atoms with van der Waals surface area (Å²) in [6.45, 7) is 0. The van der Waals surface area contributed by atoms with Crippen LogP contribution in [-0.4, -0.2) is 31.2 Å². The first kappa shape index (κ1) is 12.1. The minimum absolute atomic E-state index is 0.316. The Hall–Kier alpha value is -1.33. The van der Waals surface area contributed by atoms with Crippen LogP contribution < -0.4 is 0 Å². The molecule has 0 radical (unpaired) electrons. The van der Waals surface area contributed by atoms with Gasteiger partial charge in [-0.15, -0.1) is 0 Å². The number of benzene rings is 1. The lowest BCUT2D eigenvalue weighted by Crippen LogP contribution is -2.14. The number of hydrogen-bond donors (Lipinski definition) is 1. The van der Waals surface area contributed by atoms with Crippen molar-refractivity contribution >= 4 is 38.1 Å². The monoisotopic (exact) mass is 271 g/mol. The van der Waals surface area contributed by atoms with Crippen molar-refractivity contribution in [2.24, 2.45) is 0 Å². The Balaban J connectivity index is 2.53. The maximum absolute atomic E-state index is 11.8. The van der Waals surface area contributed by atoms with Gasteiger partial charge in [0.25, 0.3) is 0 Å². The van der Waals surface area contributed by atoms with E-state index in [1.165, 1.54) is 6.20 Å². The Kier molecular flexibility index (Phi) is 2.97. The number of halogens is 1. The first-order valence-corrected chi connectivity index (χ1v) is 7.29. The largest absolute Gasteiger partial charge is 0.360 e. The van der Waals surface area contributed by atoms with Crippen molar-refractivity contribution in [3.05, 3.63) is 35.0 Å². The molecule has 0 amide bonds. The molecule has 0 spiro atoms. The number of sulfone groups is 1. The van der Waals surface area contributed by atoms with Crippen LogP contribution >= 0.6 is 11.6 Å². The van der Waals surface area contributed by atoms with Crippen molar-refractivity contribution in [2.45, 2.75) is 0 Å². The molecule has 4 nitrogen and oxygen atoms in total. The Morgan fingerprint density at radius 1 is 1.41 bits per heavy atom. The van der Waals surface area contributed by atoms with E-state index in [1.54, 1.807) is 18.2 Å². The fraction of sp³-hybridized carbons (Fsp3) is 0.182. The summed E-state index contributed by atoms with van der Waals surface area (Å²) in [7, 11) is -3.34. The molecule has 1 N–H and O–H groups in total. The zero-order valence-electron chi connectivity index (χ0n) is 9.03. The summed E-state index contributed by atoms with van der Waals surface area (Å²) in [5.74, 6) is -0.961. The highest BCUT2D eigenvalue weighted by atomic mass is 35.5. The van der Waals surface area contributed by atoms with Crippen molar-refractivity contribution in [2.75, 3.05) is 12.0 Å². The highest BCUT2D eigenvalue weighted by molar-refractivity contribution is 7.91. The normalized spacial score (nSPS) is 11.9. The van der Waals surface area contributed by atoms with Gasteiger partial charge in [-0.1, -0.05) is 17.7 Å². The number of nitrogens with one attached hydrogen (secondary N) is 1. The molecule has 0 unspecified atom stereocenters. The van der Waals surface area contributed by atoms with E-state index in [9.17, 15) is 13.2 Å². The number of carbonyl (C=O) groups is 1. The van der Waals surface area contributed by atoms with E-state index < -0.39 is 21.4 Å². The third-order valence-corrected chi connectivity index (χ3v) is 3.45. The number of aromatic amines is 1. The molecule has 0 saturated carbocycles. The number of aromatic nitrogens is 1. The van der Waals surface area contributed by atoms with Crippen molar-refractivity contribution < 1.29 is 13.2 Å². The second-order valence-corrected chi connectivity index (χ2v) is 6.41. The van der Waals surface area contributed by atoms with E-state index in [-0.39, 0.29) is 0 Å². The highest BCUT2D eigenvalue weighted by Crippen LogP contribution is 2.26. The molecular weight excluding hydrogens is 262 g/mol. The molecule has 0 aliphatic carbocycles. The van der Waals surface area contributed by atoms with E-state index >= 15 is 0 Å². The SMILES string of the molecule is CS(=O)(=O)CC(=O)c1c[nH]c2cccc(Cl)c12. The Morgan fingerprint density at radius 2 is 2.12 bits per heavy atom. The molecule has 17 heavy (non-hydrogen) atoms. The van der Waals surface area contributed by atoms with Crippen LogP contribution in [0.3, 0.4) is 0 Å². The smallest absolute Gasteiger partial charge is 0.180 e. The lowest BCUT2D eigenvalue weighted by atomic mass is 10.1. The third-order valence-electron chi connectivity index (χ3n) is 2.35. The van der Waals surface area contributed by atoms with E-state index in [0.717, 1.165) is 6.26 Å². The van der Waals surface area contributed by atoms with Gasteiger partial charge in [0.2, 0.25) is 0 Å². The van der Waals surface area contributed by atoms with Gasteiger partial charge in [-0.2, -0.15) is 0 Å². The summed E-state index contributed by atoms with van der Waals surface area (Å²) in [6, 6.07) is 5.19. The average Bonchev–Trinajstić information content (AvgIpc) is 2.60. The zero-order chi connectivity index (χ0) is 12.6. The molecule has 2 rings (SSSR count). The minimum Gasteiger partial charge on any atom is -0.360 e. The number of hydrogen-bond acceptors (Lipinski definition) is 3. The first-order valence-electron chi connectivity index (χ1n) is 4.85. The maximum atomic E-state index is 11.8. The molecule has 1 aromatic carbocycles. The van der Waals surface area contributed by atoms with E-state index in [1.807, 2.05) is 0 Å². The lowest BCUT2D eigenvalue weighted by Gasteiger charge is -1.99. The molecule has 0 bridgehead atoms. The fourth-order valence-corrected chi connectivity index (χ4v) is 2.58. The molecule has 0 aliphatic heterocycles. The van der Waals surface area contributed by atoms with Crippen LogP contribution in [0.25, 0.3) is 10.9 Å². The number of fused-ring (bicyclic) bond motifs is 1. The quantitative estimate of drug-likeness (QED) is 0.869. The van der Waals surface area contributed by atoms with Gasteiger partial charge in [0.15, 0.2) is 15.6 Å². The van der Waals surface area contributed by atoms with Crippen LogP contribution in [0.1, 0.15) is 10.4 Å². The number of carbonyl (C=O) groups excluding carboxylic acids is 1. The summed E-state index contributed by atoms with van der Waals surface area (Å²) in [6.07, 6.45) is 2.52. The first-order chi connectivity index (χ1) is 7.88. The zero-order valence-corrected chi connectivity index (χ0v) is 10.6.